The Morgan fingerprint density at radius 1 is 1.09 bits per heavy atom. The van der Waals surface area contributed by atoms with E-state index in [0.717, 1.165) is 5.56 Å². The van der Waals surface area contributed by atoms with Crippen LogP contribution in [-0.2, 0) is 11.2 Å². The summed E-state index contributed by atoms with van der Waals surface area (Å²) in [6, 6.07) is 20.1. The Morgan fingerprint density at radius 2 is 1.61 bits per heavy atom. The van der Waals surface area contributed by atoms with Crippen molar-refractivity contribution in [1.29, 1.82) is 5.26 Å². The summed E-state index contributed by atoms with van der Waals surface area (Å²) >= 11 is 0. The molecular weight excluding hydrogens is 290 g/mol. The number of nitrogens with zero attached hydrogens (tertiary/aromatic N) is 1. The topological polar surface area (TPSA) is 70.3 Å². The zero-order valence-electron chi connectivity index (χ0n) is 13.2. The molecule has 0 fully saturated rings. The maximum atomic E-state index is 12.0. The molecule has 0 heterocycles. The first kappa shape index (κ1) is 16.6. The highest BCUT2D eigenvalue weighted by Crippen LogP contribution is 2.38. The number of hydrogen-bond donors (Lipinski definition) is 1. The predicted molar refractivity (Wildman–Crippen MR) is 87.0 cm³/mol. The molecule has 0 saturated heterocycles. The van der Waals surface area contributed by atoms with Crippen molar-refractivity contribution in [2.24, 2.45) is 5.41 Å². The fourth-order valence-corrected chi connectivity index (χ4v) is 2.54. The fourth-order valence-electron chi connectivity index (χ4n) is 2.54. The number of ether oxygens (including phenoxy) is 1. The van der Waals surface area contributed by atoms with Gasteiger partial charge in [-0.2, -0.15) is 5.26 Å². The zero-order chi connectivity index (χ0) is 16.9. The van der Waals surface area contributed by atoms with Crippen molar-refractivity contribution in [3.05, 3.63) is 66.2 Å². The van der Waals surface area contributed by atoms with Gasteiger partial charge in [0.2, 0.25) is 0 Å². The second-order valence-electron chi connectivity index (χ2n) is 5.91. The molecule has 0 spiro atoms. The van der Waals surface area contributed by atoms with Crippen LogP contribution < -0.4 is 4.74 Å². The van der Waals surface area contributed by atoms with Gasteiger partial charge in [0.05, 0.1) is 6.07 Å². The van der Waals surface area contributed by atoms with Gasteiger partial charge in [-0.15, -0.1) is 0 Å². The molecule has 0 bridgehead atoms. The van der Waals surface area contributed by atoms with Gasteiger partial charge >= 0.3 is 5.97 Å². The molecule has 0 aliphatic carbocycles. The largest absolute Gasteiger partial charge is 0.486 e. The van der Waals surface area contributed by atoms with Crippen LogP contribution in [0.2, 0.25) is 0 Å². The number of hydrogen-bond acceptors (Lipinski definition) is 3. The summed E-state index contributed by atoms with van der Waals surface area (Å²) in [5, 5.41) is 19.5. The Balaban J connectivity index is 2.41. The van der Waals surface area contributed by atoms with Crippen LogP contribution in [0.4, 0.5) is 0 Å². The van der Waals surface area contributed by atoms with Crippen LogP contribution in [0.15, 0.2) is 60.7 Å². The van der Waals surface area contributed by atoms with E-state index in [9.17, 15) is 15.2 Å². The van der Waals surface area contributed by atoms with E-state index < -0.39 is 17.0 Å². The molecule has 1 atom stereocenters. The van der Waals surface area contributed by atoms with Gasteiger partial charge in [0, 0.05) is 6.42 Å². The van der Waals surface area contributed by atoms with Gasteiger partial charge in [-0.3, -0.25) is 4.79 Å². The van der Waals surface area contributed by atoms with E-state index >= 15 is 0 Å². The Morgan fingerprint density at radius 3 is 2.09 bits per heavy atom. The van der Waals surface area contributed by atoms with Gasteiger partial charge in [0.15, 0.2) is 5.41 Å². The Bertz CT molecular complexity index is 704. The van der Waals surface area contributed by atoms with Crippen LogP contribution in [0.1, 0.15) is 19.4 Å². The average Bonchev–Trinajstić information content (AvgIpc) is 2.53. The van der Waals surface area contributed by atoms with Gasteiger partial charge in [-0.1, -0.05) is 48.5 Å². The number of carbonyl (C=O) groups is 1. The third kappa shape index (κ3) is 3.35. The number of carboxylic acid groups (broad SMARTS) is 1. The fraction of sp³-hybridized carbons (Fsp3) is 0.263. The molecule has 0 aliphatic heterocycles. The van der Waals surface area contributed by atoms with Crippen molar-refractivity contribution in [3.8, 4) is 11.8 Å². The van der Waals surface area contributed by atoms with E-state index in [-0.39, 0.29) is 6.42 Å². The van der Waals surface area contributed by atoms with Gasteiger partial charge in [0.1, 0.15) is 11.4 Å². The normalized spacial score (nSPS) is 13.6. The summed E-state index contributed by atoms with van der Waals surface area (Å²) in [5.74, 6) is -0.656. The highest BCUT2D eigenvalue weighted by atomic mass is 16.5. The Labute approximate surface area is 136 Å². The van der Waals surface area contributed by atoms with E-state index in [1.165, 1.54) is 0 Å². The number of carboxylic acids is 1. The highest BCUT2D eigenvalue weighted by Gasteiger charge is 2.54. The summed E-state index contributed by atoms with van der Waals surface area (Å²) in [6.45, 7) is 3.28. The van der Waals surface area contributed by atoms with Crippen molar-refractivity contribution < 1.29 is 14.6 Å². The van der Waals surface area contributed by atoms with Gasteiger partial charge in [-0.05, 0) is 31.5 Å². The Hall–Kier alpha value is -2.80. The van der Waals surface area contributed by atoms with Crippen LogP contribution in [-0.4, -0.2) is 16.7 Å². The average molecular weight is 309 g/mol. The lowest BCUT2D eigenvalue weighted by Gasteiger charge is -2.38. The van der Waals surface area contributed by atoms with Crippen LogP contribution >= 0.6 is 0 Å². The highest BCUT2D eigenvalue weighted by molar-refractivity contribution is 5.80. The lowest BCUT2D eigenvalue weighted by molar-refractivity contribution is -0.155. The molecule has 4 heteroatoms. The van der Waals surface area contributed by atoms with Crippen molar-refractivity contribution in [2.45, 2.75) is 25.9 Å². The van der Waals surface area contributed by atoms with Gasteiger partial charge < -0.3 is 9.84 Å². The second-order valence-corrected chi connectivity index (χ2v) is 5.91. The van der Waals surface area contributed by atoms with Crippen molar-refractivity contribution in [2.75, 3.05) is 0 Å². The summed E-state index contributed by atoms with van der Waals surface area (Å²) in [4.78, 5) is 12.0. The van der Waals surface area contributed by atoms with E-state index in [1.54, 1.807) is 38.1 Å². The molecule has 23 heavy (non-hydrogen) atoms. The molecule has 0 saturated carbocycles. The number of aliphatic carboxylic acids is 1. The molecule has 2 aromatic rings. The smallest absolute Gasteiger partial charge is 0.328 e. The molecule has 0 aliphatic rings. The number of para-hydroxylation sites is 1. The number of rotatable bonds is 6. The second kappa shape index (κ2) is 6.53. The molecule has 2 rings (SSSR count). The number of nitriles is 1. The van der Waals surface area contributed by atoms with Crippen LogP contribution in [0.3, 0.4) is 0 Å². The lowest BCUT2D eigenvalue weighted by atomic mass is 9.70. The summed E-state index contributed by atoms with van der Waals surface area (Å²) in [7, 11) is 0. The maximum absolute atomic E-state index is 12.0. The van der Waals surface area contributed by atoms with E-state index in [0.29, 0.717) is 5.75 Å². The van der Waals surface area contributed by atoms with Gasteiger partial charge in [-0.25, -0.2) is 0 Å². The number of benzene rings is 2. The quantitative estimate of drug-likeness (QED) is 0.883. The monoisotopic (exact) mass is 309 g/mol. The van der Waals surface area contributed by atoms with Crippen molar-refractivity contribution in [3.63, 3.8) is 0 Å². The van der Waals surface area contributed by atoms with Gasteiger partial charge in [0.25, 0.3) is 0 Å². The minimum Gasteiger partial charge on any atom is -0.486 e. The lowest BCUT2D eigenvalue weighted by Crippen LogP contribution is -2.53. The molecule has 2 aromatic carbocycles. The van der Waals surface area contributed by atoms with Crippen molar-refractivity contribution >= 4 is 5.97 Å². The molecule has 4 nitrogen and oxygen atoms in total. The summed E-state index contributed by atoms with van der Waals surface area (Å²) < 4.78 is 5.89. The first-order chi connectivity index (χ1) is 10.9. The molecule has 0 aromatic heterocycles. The standard InChI is InChI=1S/C19H19NO3/c1-18(2,23-16-11-7-4-8-12-16)19(14-20,17(21)22)13-15-9-5-3-6-10-15/h3-12H,13H2,1-2H3,(H,21,22). The third-order valence-electron chi connectivity index (χ3n) is 4.01. The van der Waals surface area contributed by atoms with Crippen molar-refractivity contribution in [1.82, 2.24) is 0 Å². The Kier molecular flexibility index (Phi) is 4.71. The molecule has 0 radical (unpaired) electrons. The first-order valence-electron chi connectivity index (χ1n) is 7.34. The SMILES string of the molecule is CC(C)(Oc1ccccc1)C(C#N)(Cc1ccccc1)C(=O)O. The predicted octanol–water partition coefficient (Wildman–Crippen LogP) is 3.68. The minimum absolute atomic E-state index is 0.0690. The zero-order valence-corrected chi connectivity index (χ0v) is 13.2. The van der Waals surface area contributed by atoms with E-state index in [1.807, 2.05) is 42.5 Å². The summed E-state index contributed by atoms with van der Waals surface area (Å²) in [5.41, 5.74) is -2.14. The molecule has 0 amide bonds. The molecule has 1 N–H and O–H groups in total. The van der Waals surface area contributed by atoms with Crippen LogP contribution in [0.25, 0.3) is 0 Å². The summed E-state index contributed by atoms with van der Waals surface area (Å²) in [6.07, 6.45) is 0.0690. The van der Waals surface area contributed by atoms with Crippen LogP contribution in [0.5, 0.6) is 5.75 Å². The maximum Gasteiger partial charge on any atom is 0.328 e. The molecule has 118 valence electrons. The first-order valence-corrected chi connectivity index (χ1v) is 7.34. The van der Waals surface area contributed by atoms with E-state index in [2.05, 4.69) is 0 Å². The minimum atomic E-state index is -1.70. The van der Waals surface area contributed by atoms with Crippen LogP contribution in [0, 0.1) is 16.7 Å². The molecular formula is C19H19NO3. The third-order valence-corrected chi connectivity index (χ3v) is 4.01. The molecule has 1 unspecified atom stereocenters. The van der Waals surface area contributed by atoms with E-state index in [4.69, 9.17) is 4.74 Å².